The summed E-state index contributed by atoms with van der Waals surface area (Å²) < 4.78 is 0. The highest BCUT2D eigenvalue weighted by Crippen LogP contribution is 2.42. The third-order valence-corrected chi connectivity index (χ3v) is 4.38. The Balaban J connectivity index is 2.62. The molecule has 0 amide bonds. The molecular formula is C19H22O4. The lowest BCUT2D eigenvalue weighted by Gasteiger charge is -2.32. The van der Waals surface area contributed by atoms with Gasteiger partial charge in [0, 0.05) is 17.4 Å². The minimum Gasteiger partial charge on any atom is -0.508 e. The van der Waals surface area contributed by atoms with E-state index in [-0.39, 0.29) is 17.9 Å². The molecule has 0 aliphatic carbocycles. The van der Waals surface area contributed by atoms with Crippen molar-refractivity contribution in [1.82, 2.24) is 0 Å². The molecule has 0 saturated heterocycles. The fourth-order valence-corrected chi connectivity index (χ4v) is 3.00. The van der Waals surface area contributed by atoms with Crippen LogP contribution in [0.15, 0.2) is 36.4 Å². The summed E-state index contributed by atoms with van der Waals surface area (Å²) in [6.45, 7) is 5.71. The smallest absolute Gasteiger partial charge is 0.303 e. The zero-order valence-corrected chi connectivity index (χ0v) is 13.6. The zero-order chi connectivity index (χ0) is 17.2. The van der Waals surface area contributed by atoms with Crippen LogP contribution in [0, 0.1) is 13.8 Å². The quantitative estimate of drug-likeness (QED) is 0.782. The number of carboxylic acid groups (broad SMARTS) is 1. The maximum absolute atomic E-state index is 11.1. The highest BCUT2D eigenvalue weighted by atomic mass is 16.4. The number of carboxylic acids is 1. The molecule has 2 aromatic carbocycles. The van der Waals surface area contributed by atoms with Crippen molar-refractivity contribution in [2.45, 2.75) is 39.0 Å². The van der Waals surface area contributed by atoms with Gasteiger partial charge in [-0.3, -0.25) is 4.79 Å². The number of phenolic OH excluding ortho intramolecular Hbond substituents is 2. The number of hydrogen-bond acceptors (Lipinski definition) is 3. The Kier molecular flexibility index (Phi) is 4.64. The lowest BCUT2D eigenvalue weighted by molar-refractivity contribution is -0.137. The van der Waals surface area contributed by atoms with E-state index in [0.29, 0.717) is 12.0 Å². The number of aliphatic carboxylic acids is 1. The number of phenols is 2. The number of rotatable bonds is 5. The van der Waals surface area contributed by atoms with Gasteiger partial charge >= 0.3 is 5.97 Å². The van der Waals surface area contributed by atoms with Gasteiger partial charge in [-0.05, 0) is 43.5 Å². The number of aryl methyl sites for hydroxylation is 2. The van der Waals surface area contributed by atoms with Crippen molar-refractivity contribution in [3.8, 4) is 11.5 Å². The van der Waals surface area contributed by atoms with Crippen LogP contribution in [-0.2, 0) is 10.2 Å². The highest BCUT2D eigenvalue weighted by Gasteiger charge is 2.32. The van der Waals surface area contributed by atoms with Gasteiger partial charge in [0.05, 0.1) is 0 Å². The molecule has 0 saturated carbocycles. The van der Waals surface area contributed by atoms with Gasteiger partial charge < -0.3 is 15.3 Å². The topological polar surface area (TPSA) is 77.8 Å². The summed E-state index contributed by atoms with van der Waals surface area (Å²) in [6, 6.07) is 10.5. The molecule has 2 aromatic rings. The average Bonchev–Trinajstić information content (AvgIpc) is 2.49. The lowest BCUT2D eigenvalue weighted by atomic mass is 9.72. The zero-order valence-electron chi connectivity index (χ0n) is 13.6. The number of benzene rings is 2. The molecule has 0 aliphatic rings. The van der Waals surface area contributed by atoms with Crippen molar-refractivity contribution in [2.24, 2.45) is 0 Å². The largest absolute Gasteiger partial charge is 0.508 e. The van der Waals surface area contributed by atoms with Gasteiger partial charge in [-0.25, -0.2) is 0 Å². The normalized spacial score (nSPS) is 13.5. The fourth-order valence-electron chi connectivity index (χ4n) is 3.00. The monoisotopic (exact) mass is 314 g/mol. The van der Waals surface area contributed by atoms with Gasteiger partial charge in [0.25, 0.3) is 0 Å². The molecule has 0 aliphatic heterocycles. The third-order valence-electron chi connectivity index (χ3n) is 4.38. The summed E-state index contributed by atoms with van der Waals surface area (Å²) in [7, 11) is 0. The molecule has 4 nitrogen and oxygen atoms in total. The number of hydrogen-bond donors (Lipinski definition) is 3. The molecule has 1 unspecified atom stereocenters. The van der Waals surface area contributed by atoms with Crippen molar-refractivity contribution in [1.29, 1.82) is 0 Å². The SMILES string of the molecule is Cc1cc(C)c(O)c(C(C)(CCC(=O)O)c2ccc(O)cc2)c1. The van der Waals surface area contributed by atoms with Crippen molar-refractivity contribution in [3.05, 3.63) is 58.7 Å². The van der Waals surface area contributed by atoms with Crippen molar-refractivity contribution < 1.29 is 20.1 Å². The fraction of sp³-hybridized carbons (Fsp3) is 0.316. The molecule has 3 N–H and O–H groups in total. The van der Waals surface area contributed by atoms with Crippen LogP contribution >= 0.6 is 0 Å². The van der Waals surface area contributed by atoms with Gasteiger partial charge in [0.1, 0.15) is 11.5 Å². The first-order valence-electron chi connectivity index (χ1n) is 7.56. The Morgan fingerprint density at radius 3 is 2.26 bits per heavy atom. The van der Waals surface area contributed by atoms with Gasteiger partial charge in [-0.15, -0.1) is 0 Å². The van der Waals surface area contributed by atoms with Gasteiger partial charge in [0.15, 0.2) is 0 Å². The predicted molar refractivity (Wildman–Crippen MR) is 89.0 cm³/mol. The van der Waals surface area contributed by atoms with Crippen LogP contribution in [0.1, 0.15) is 42.0 Å². The molecular weight excluding hydrogens is 292 g/mol. The van der Waals surface area contributed by atoms with Crippen molar-refractivity contribution in [3.63, 3.8) is 0 Å². The minimum absolute atomic E-state index is 0.0101. The van der Waals surface area contributed by atoms with Crippen LogP contribution in [0.5, 0.6) is 11.5 Å². The molecule has 0 spiro atoms. The summed E-state index contributed by atoms with van der Waals surface area (Å²) >= 11 is 0. The maximum atomic E-state index is 11.1. The molecule has 0 bridgehead atoms. The van der Waals surface area contributed by atoms with Crippen LogP contribution in [0.2, 0.25) is 0 Å². The maximum Gasteiger partial charge on any atom is 0.303 e. The second-order valence-corrected chi connectivity index (χ2v) is 6.25. The van der Waals surface area contributed by atoms with E-state index in [1.807, 2.05) is 32.9 Å². The molecule has 1 atom stereocenters. The Labute approximate surface area is 136 Å². The molecule has 0 fully saturated rings. The molecule has 2 rings (SSSR count). The van der Waals surface area contributed by atoms with Crippen molar-refractivity contribution >= 4 is 5.97 Å². The first-order chi connectivity index (χ1) is 10.7. The van der Waals surface area contributed by atoms with E-state index in [0.717, 1.165) is 16.7 Å². The standard InChI is InChI=1S/C19H22O4/c1-12-10-13(2)18(23)16(11-12)19(3,9-8-17(21)22)14-4-6-15(20)7-5-14/h4-7,10-11,20,23H,8-9H2,1-3H3,(H,21,22). The third kappa shape index (κ3) is 3.47. The summed E-state index contributed by atoms with van der Waals surface area (Å²) in [5.74, 6) is -0.533. The molecule has 0 heterocycles. The predicted octanol–water partition coefficient (Wildman–Crippen LogP) is 3.89. The van der Waals surface area contributed by atoms with E-state index in [2.05, 4.69) is 0 Å². The second-order valence-electron chi connectivity index (χ2n) is 6.25. The van der Waals surface area contributed by atoms with E-state index in [4.69, 9.17) is 5.11 Å². The van der Waals surface area contributed by atoms with Crippen LogP contribution < -0.4 is 0 Å². The number of carbonyl (C=O) groups is 1. The molecule has 23 heavy (non-hydrogen) atoms. The van der Waals surface area contributed by atoms with E-state index < -0.39 is 11.4 Å². The first-order valence-corrected chi connectivity index (χ1v) is 7.56. The molecule has 4 heteroatoms. The van der Waals surface area contributed by atoms with Crippen molar-refractivity contribution in [2.75, 3.05) is 0 Å². The van der Waals surface area contributed by atoms with Crippen LogP contribution in [0.3, 0.4) is 0 Å². The summed E-state index contributed by atoms with van der Waals surface area (Å²) in [6.07, 6.45) is 0.341. The van der Waals surface area contributed by atoms with Gasteiger partial charge in [-0.1, -0.05) is 36.8 Å². The summed E-state index contributed by atoms with van der Waals surface area (Å²) in [4.78, 5) is 11.1. The molecule has 0 radical (unpaired) electrons. The number of aromatic hydroxyl groups is 2. The van der Waals surface area contributed by atoms with Gasteiger partial charge in [-0.2, -0.15) is 0 Å². The highest BCUT2D eigenvalue weighted by molar-refractivity contribution is 5.67. The van der Waals surface area contributed by atoms with Crippen LogP contribution in [0.25, 0.3) is 0 Å². The summed E-state index contributed by atoms with van der Waals surface area (Å²) in [5, 5.41) is 29.1. The van der Waals surface area contributed by atoms with E-state index >= 15 is 0 Å². The molecule has 122 valence electrons. The molecule has 0 aromatic heterocycles. The Morgan fingerprint density at radius 1 is 1.09 bits per heavy atom. The second kappa shape index (κ2) is 6.32. The lowest BCUT2D eigenvalue weighted by Crippen LogP contribution is -2.25. The van der Waals surface area contributed by atoms with Crippen LogP contribution in [-0.4, -0.2) is 21.3 Å². The van der Waals surface area contributed by atoms with E-state index in [9.17, 15) is 15.0 Å². The van der Waals surface area contributed by atoms with E-state index in [1.165, 1.54) is 0 Å². The average molecular weight is 314 g/mol. The first kappa shape index (κ1) is 16.9. The van der Waals surface area contributed by atoms with Crippen LogP contribution in [0.4, 0.5) is 0 Å². The Bertz CT molecular complexity index is 719. The summed E-state index contributed by atoms with van der Waals surface area (Å²) in [5.41, 5.74) is 2.68. The van der Waals surface area contributed by atoms with E-state index in [1.54, 1.807) is 24.3 Å². The Morgan fingerprint density at radius 2 is 1.70 bits per heavy atom. The minimum atomic E-state index is -0.876. The Hall–Kier alpha value is -2.49. The van der Waals surface area contributed by atoms with Gasteiger partial charge in [0.2, 0.25) is 0 Å².